The molecule has 1 aliphatic heterocycles. The van der Waals surface area contributed by atoms with Gasteiger partial charge in [0.15, 0.2) is 21.3 Å². The van der Waals surface area contributed by atoms with Crippen LogP contribution in [0, 0.1) is 5.82 Å². The predicted octanol–water partition coefficient (Wildman–Crippen LogP) is 4.05. The summed E-state index contributed by atoms with van der Waals surface area (Å²) in [7, 11) is -3.54. The van der Waals surface area contributed by atoms with Gasteiger partial charge in [-0.05, 0) is 51.8 Å². The zero-order valence-corrected chi connectivity index (χ0v) is 21.0. The monoisotopic (exact) mass is 507 g/mol. The van der Waals surface area contributed by atoms with Gasteiger partial charge in [0.2, 0.25) is 0 Å². The van der Waals surface area contributed by atoms with Crippen molar-refractivity contribution in [1.29, 1.82) is 0 Å². The van der Waals surface area contributed by atoms with E-state index in [-0.39, 0.29) is 27.6 Å². The molecule has 182 valence electrons. The number of carbonyl (C=O) groups is 1. The first kappa shape index (κ1) is 24.4. The minimum absolute atomic E-state index is 0.102. The number of nitrogens with one attached hydrogen (secondary N) is 1. The Bertz CT molecular complexity index is 1330. The molecule has 0 atom stereocenters. The number of likely N-dealkylation sites (tertiary alicyclic amines) is 1. The summed E-state index contributed by atoms with van der Waals surface area (Å²) < 4.78 is 43.7. The number of aromatic nitrogens is 4. The molecule has 1 fully saturated rings. The first-order valence-electron chi connectivity index (χ1n) is 10.8. The van der Waals surface area contributed by atoms with Crippen LogP contribution in [0.1, 0.15) is 33.6 Å². The van der Waals surface area contributed by atoms with E-state index in [1.807, 2.05) is 20.8 Å². The second-order valence-corrected chi connectivity index (χ2v) is 12.5. The normalized spacial score (nSPS) is 15.6. The Hall–Kier alpha value is -2.73. The van der Waals surface area contributed by atoms with Gasteiger partial charge in [0.1, 0.15) is 16.4 Å². The van der Waals surface area contributed by atoms with Gasteiger partial charge in [0.05, 0.1) is 22.0 Å². The van der Waals surface area contributed by atoms with Crippen LogP contribution in [0.25, 0.3) is 22.4 Å². The highest BCUT2D eigenvalue weighted by atomic mass is 32.2. The van der Waals surface area contributed by atoms with Gasteiger partial charge < -0.3 is 9.64 Å². The van der Waals surface area contributed by atoms with Crippen LogP contribution in [0.4, 0.5) is 9.18 Å². The third kappa shape index (κ3) is 5.49. The molecule has 1 N–H and O–H groups in total. The third-order valence-electron chi connectivity index (χ3n) is 5.26. The van der Waals surface area contributed by atoms with E-state index in [1.54, 1.807) is 11.1 Å². The average Bonchev–Trinajstić information content (AvgIpc) is 3.21. The number of H-pyrrole nitrogens is 1. The number of nitrogens with zero attached hydrogens (tertiary/aromatic N) is 4. The van der Waals surface area contributed by atoms with E-state index >= 15 is 0 Å². The van der Waals surface area contributed by atoms with Crippen molar-refractivity contribution in [2.75, 3.05) is 19.3 Å². The van der Waals surface area contributed by atoms with E-state index < -0.39 is 21.3 Å². The fraction of sp³-hybridized carbons (Fsp3) is 0.455. The quantitative estimate of drug-likeness (QED) is 0.526. The Morgan fingerprint density at radius 1 is 1.24 bits per heavy atom. The third-order valence-corrected chi connectivity index (χ3v) is 7.71. The van der Waals surface area contributed by atoms with Gasteiger partial charge in [-0.2, -0.15) is 5.10 Å². The minimum Gasteiger partial charge on any atom is -0.444 e. The summed E-state index contributed by atoms with van der Waals surface area (Å²) in [5, 5.41) is 8.41. The van der Waals surface area contributed by atoms with Gasteiger partial charge in [0, 0.05) is 24.6 Å². The van der Waals surface area contributed by atoms with Crippen molar-refractivity contribution in [2.45, 2.75) is 54.4 Å². The molecule has 0 bridgehead atoms. The number of rotatable bonds is 4. The molecule has 0 spiro atoms. The Balaban J connectivity index is 1.55. The Kier molecular flexibility index (Phi) is 6.56. The second kappa shape index (κ2) is 9.14. The Morgan fingerprint density at radius 2 is 1.94 bits per heavy atom. The average molecular weight is 508 g/mol. The molecule has 12 heteroatoms. The van der Waals surface area contributed by atoms with Crippen LogP contribution >= 0.6 is 11.8 Å². The summed E-state index contributed by atoms with van der Waals surface area (Å²) in [6, 6.07) is 3.69. The van der Waals surface area contributed by atoms with Crippen LogP contribution in [0.15, 0.2) is 34.3 Å². The lowest BCUT2D eigenvalue weighted by Crippen LogP contribution is -2.42. The molecule has 0 aliphatic carbocycles. The van der Waals surface area contributed by atoms with Gasteiger partial charge in [-0.25, -0.2) is 27.6 Å². The van der Waals surface area contributed by atoms with Crippen molar-refractivity contribution in [1.82, 2.24) is 25.1 Å². The number of ether oxygens (including phenoxy) is 1. The second-order valence-electron chi connectivity index (χ2n) is 9.18. The largest absolute Gasteiger partial charge is 0.444 e. The number of halogens is 1. The van der Waals surface area contributed by atoms with Gasteiger partial charge in [-0.1, -0.05) is 0 Å². The topological polar surface area (TPSA) is 118 Å². The summed E-state index contributed by atoms with van der Waals surface area (Å²) in [4.78, 5) is 22.9. The highest BCUT2D eigenvalue weighted by molar-refractivity contribution is 8.00. The molecule has 1 amide bonds. The van der Waals surface area contributed by atoms with E-state index in [4.69, 9.17) is 4.74 Å². The van der Waals surface area contributed by atoms with Crippen LogP contribution in [0.2, 0.25) is 0 Å². The molecule has 0 unspecified atom stereocenters. The molecular weight excluding hydrogens is 481 g/mol. The first-order chi connectivity index (χ1) is 15.9. The highest BCUT2D eigenvalue weighted by Crippen LogP contribution is 2.35. The lowest BCUT2D eigenvalue weighted by molar-refractivity contribution is 0.0219. The van der Waals surface area contributed by atoms with Gasteiger partial charge in [-0.15, -0.1) is 11.8 Å². The molecule has 1 saturated heterocycles. The Labute approximate surface area is 201 Å². The molecule has 1 aliphatic rings. The van der Waals surface area contributed by atoms with Crippen LogP contribution in [0.3, 0.4) is 0 Å². The van der Waals surface area contributed by atoms with Crippen molar-refractivity contribution in [2.24, 2.45) is 0 Å². The molecular formula is C22H26FN5O4S2. The van der Waals surface area contributed by atoms with Crippen molar-refractivity contribution in [3.8, 4) is 11.4 Å². The molecule has 2 aromatic heterocycles. The van der Waals surface area contributed by atoms with Gasteiger partial charge >= 0.3 is 6.09 Å². The van der Waals surface area contributed by atoms with Gasteiger partial charge in [-0.3, -0.25) is 5.10 Å². The fourth-order valence-electron chi connectivity index (χ4n) is 3.57. The van der Waals surface area contributed by atoms with Crippen LogP contribution in [0.5, 0.6) is 0 Å². The highest BCUT2D eigenvalue weighted by Gasteiger charge is 2.28. The summed E-state index contributed by atoms with van der Waals surface area (Å²) in [5.74, 6) is -0.577. The minimum atomic E-state index is -3.54. The molecule has 3 aromatic rings. The van der Waals surface area contributed by atoms with E-state index in [0.29, 0.717) is 23.8 Å². The zero-order valence-electron chi connectivity index (χ0n) is 19.3. The van der Waals surface area contributed by atoms with E-state index in [0.717, 1.165) is 30.6 Å². The summed E-state index contributed by atoms with van der Waals surface area (Å²) in [6.45, 7) is 6.66. The maximum Gasteiger partial charge on any atom is 0.410 e. The first-order valence-corrected chi connectivity index (χ1v) is 13.5. The molecule has 0 saturated carbocycles. The molecule has 0 radical (unpaired) electrons. The number of thioether (sulfide) groups is 1. The lowest BCUT2D eigenvalue weighted by atomic mass is 10.1. The maximum absolute atomic E-state index is 14.8. The zero-order chi connectivity index (χ0) is 24.7. The summed E-state index contributed by atoms with van der Waals surface area (Å²) in [5.41, 5.74) is 0.0256. The SMILES string of the molecule is CC(C)(C)OC(=O)N1CCC(Sc2nc(-c3ccc(S(C)(=O)=O)cc3F)nc3[nH]ncc23)CC1. The number of aromatic amines is 1. The van der Waals surface area contributed by atoms with Crippen LogP contribution in [-0.4, -0.2) is 69.8 Å². The van der Waals surface area contributed by atoms with Gasteiger partial charge in [0.25, 0.3) is 0 Å². The molecule has 34 heavy (non-hydrogen) atoms. The van der Waals surface area contributed by atoms with Crippen molar-refractivity contribution in [3.63, 3.8) is 0 Å². The molecule has 9 nitrogen and oxygen atoms in total. The standard InChI is InChI=1S/C22H26FN5O4S2/c1-22(2,3)32-21(29)28-9-7-13(8-10-28)33-20-16-12-24-27-19(16)25-18(26-20)15-6-5-14(11-17(15)23)34(4,30)31/h5-6,11-13H,7-10H2,1-4H3,(H,24,25,26,27). The van der Waals surface area contributed by atoms with E-state index in [1.165, 1.54) is 23.9 Å². The molecule has 1 aromatic carbocycles. The number of hydrogen-bond donors (Lipinski definition) is 1. The fourth-order valence-corrected chi connectivity index (χ4v) is 5.38. The predicted molar refractivity (Wildman–Crippen MR) is 127 cm³/mol. The number of benzene rings is 1. The number of hydrogen-bond acceptors (Lipinski definition) is 8. The number of sulfone groups is 1. The Morgan fingerprint density at radius 3 is 2.56 bits per heavy atom. The number of carbonyl (C=O) groups excluding carboxylic acids is 1. The maximum atomic E-state index is 14.8. The van der Waals surface area contributed by atoms with E-state index in [2.05, 4.69) is 20.2 Å². The summed E-state index contributed by atoms with van der Waals surface area (Å²) >= 11 is 1.54. The van der Waals surface area contributed by atoms with E-state index in [9.17, 15) is 17.6 Å². The number of piperidine rings is 1. The van der Waals surface area contributed by atoms with Crippen molar-refractivity contribution < 1.29 is 22.3 Å². The molecule has 4 rings (SSSR count). The summed E-state index contributed by atoms with van der Waals surface area (Å²) in [6.07, 6.45) is 3.84. The van der Waals surface area contributed by atoms with Crippen LogP contribution < -0.4 is 0 Å². The lowest BCUT2D eigenvalue weighted by Gasteiger charge is -2.33. The van der Waals surface area contributed by atoms with Crippen LogP contribution in [-0.2, 0) is 14.6 Å². The number of fused-ring (bicyclic) bond motifs is 1. The van der Waals surface area contributed by atoms with Crippen molar-refractivity contribution in [3.05, 3.63) is 30.2 Å². The van der Waals surface area contributed by atoms with Crippen molar-refractivity contribution >= 4 is 38.7 Å². The smallest absolute Gasteiger partial charge is 0.410 e. The number of amides is 1. The molecule has 3 heterocycles.